The molecule has 0 aliphatic rings. The number of nitrogens with one attached hydrogen (secondary N) is 2. The molecule has 23 heavy (non-hydrogen) atoms. The molecule has 2 N–H and O–H groups in total. The predicted molar refractivity (Wildman–Crippen MR) is 85.4 cm³/mol. The van der Waals surface area contributed by atoms with Crippen LogP contribution in [0.4, 0.5) is 23.7 Å². The van der Waals surface area contributed by atoms with Crippen molar-refractivity contribution in [2.75, 3.05) is 5.32 Å². The number of anilines is 1. The Morgan fingerprint density at radius 1 is 1.04 bits per heavy atom. The van der Waals surface area contributed by atoms with Gasteiger partial charge in [-0.3, -0.25) is 0 Å². The van der Waals surface area contributed by atoms with E-state index >= 15 is 0 Å². The summed E-state index contributed by atoms with van der Waals surface area (Å²) < 4.78 is 36.7. The lowest BCUT2D eigenvalue weighted by Gasteiger charge is -2.09. The summed E-state index contributed by atoms with van der Waals surface area (Å²) in [6, 6.07) is 12.8. The van der Waals surface area contributed by atoms with Crippen LogP contribution in [0, 0.1) is 6.92 Å². The van der Waals surface area contributed by atoms with Crippen LogP contribution in [0.3, 0.4) is 0 Å². The molecule has 0 atom stereocenters. The number of rotatable bonds is 4. The average Bonchev–Trinajstić information content (AvgIpc) is 2.47. The topological polar surface area (TPSA) is 41.1 Å². The van der Waals surface area contributed by atoms with E-state index in [1.807, 2.05) is 31.2 Å². The molecule has 122 valence electrons. The van der Waals surface area contributed by atoms with Gasteiger partial charge in [-0.2, -0.15) is 13.2 Å². The predicted octanol–water partition coefficient (Wildman–Crippen LogP) is 4.93. The molecule has 0 aliphatic heterocycles. The molecule has 2 rings (SSSR count). The number of carbonyl (C=O) groups excluding carboxylic acids is 1. The van der Waals surface area contributed by atoms with Crippen LogP contribution in [0.2, 0.25) is 0 Å². The summed E-state index contributed by atoms with van der Waals surface area (Å²) in [5.41, 5.74) is -1.80. The number of aryl methyl sites for hydroxylation is 1. The number of hydrogen-bond acceptors (Lipinski definition) is 2. The van der Waals surface area contributed by atoms with Gasteiger partial charge in [0, 0.05) is 17.1 Å². The van der Waals surface area contributed by atoms with Crippen molar-refractivity contribution in [2.45, 2.75) is 23.9 Å². The Morgan fingerprint density at radius 3 is 2.22 bits per heavy atom. The van der Waals surface area contributed by atoms with Gasteiger partial charge >= 0.3 is 11.5 Å². The molecule has 0 radical (unpaired) electrons. The average molecular weight is 340 g/mol. The van der Waals surface area contributed by atoms with Crippen LogP contribution in [0.15, 0.2) is 53.4 Å². The smallest absolute Gasteiger partial charge is 0.334 e. The van der Waals surface area contributed by atoms with Crippen molar-refractivity contribution in [2.24, 2.45) is 0 Å². The molecular formula is C16H15F3N2OS. The summed E-state index contributed by atoms with van der Waals surface area (Å²) in [6.45, 7) is 2.35. The standard InChI is InChI=1S/C16H15F3N2OS/c1-11-2-4-12(5-3-11)10-20-15(22)21-13-6-8-14(9-7-13)23-16(17,18)19/h2-9H,10H2,1H3,(H2,20,21,22). The van der Waals surface area contributed by atoms with E-state index in [0.29, 0.717) is 12.2 Å². The maximum Gasteiger partial charge on any atom is 0.446 e. The minimum Gasteiger partial charge on any atom is -0.334 e. The second-order valence-corrected chi connectivity index (χ2v) is 6.00. The minimum atomic E-state index is -4.32. The Kier molecular flexibility index (Phi) is 5.54. The first-order valence-electron chi connectivity index (χ1n) is 6.78. The Hall–Kier alpha value is -2.15. The van der Waals surface area contributed by atoms with Gasteiger partial charge in [0.25, 0.3) is 0 Å². The third kappa shape index (κ3) is 6.23. The third-order valence-electron chi connectivity index (χ3n) is 2.92. The van der Waals surface area contributed by atoms with Crippen molar-refractivity contribution >= 4 is 23.5 Å². The number of alkyl halides is 3. The summed E-state index contributed by atoms with van der Waals surface area (Å²) in [5.74, 6) is 0. The Labute approximate surface area is 136 Å². The van der Waals surface area contributed by atoms with Gasteiger partial charge in [-0.25, -0.2) is 4.79 Å². The Bertz CT molecular complexity index is 655. The molecule has 2 aromatic carbocycles. The van der Waals surface area contributed by atoms with Gasteiger partial charge in [0.2, 0.25) is 0 Å². The second-order valence-electron chi connectivity index (χ2n) is 4.87. The highest BCUT2D eigenvalue weighted by Gasteiger charge is 2.28. The summed E-state index contributed by atoms with van der Waals surface area (Å²) in [7, 11) is 0. The van der Waals surface area contributed by atoms with Gasteiger partial charge in [0.05, 0.1) is 0 Å². The number of halogens is 3. The molecule has 0 fully saturated rings. The van der Waals surface area contributed by atoms with Gasteiger partial charge < -0.3 is 10.6 Å². The lowest BCUT2D eigenvalue weighted by molar-refractivity contribution is -0.0328. The Morgan fingerprint density at radius 2 is 1.65 bits per heavy atom. The highest BCUT2D eigenvalue weighted by Crippen LogP contribution is 2.36. The van der Waals surface area contributed by atoms with Crippen LogP contribution in [0.25, 0.3) is 0 Å². The first-order chi connectivity index (χ1) is 10.8. The van der Waals surface area contributed by atoms with E-state index in [1.165, 1.54) is 24.3 Å². The zero-order valence-corrected chi connectivity index (χ0v) is 13.1. The van der Waals surface area contributed by atoms with Crippen molar-refractivity contribution in [3.63, 3.8) is 0 Å². The highest BCUT2D eigenvalue weighted by atomic mass is 32.2. The number of hydrogen-bond donors (Lipinski definition) is 2. The molecule has 3 nitrogen and oxygen atoms in total. The zero-order valence-electron chi connectivity index (χ0n) is 12.3. The van der Waals surface area contributed by atoms with Crippen LogP contribution in [-0.2, 0) is 6.54 Å². The first kappa shape index (κ1) is 17.2. The Balaban J connectivity index is 1.84. The fourth-order valence-corrected chi connectivity index (χ4v) is 2.34. The van der Waals surface area contributed by atoms with E-state index in [0.717, 1.165) is 11.1 Å². The largest absolute Gasteiger partial charge is 0.446 e. The fourth-order valence-electron chi connectivity index (χ4n) is 1.80. The van der Waals surface area contributed by atoms with Crippen LogP contribution in [0.1, 0.15) is 11.1 Å². The number of urea groups is 1. The van der Waals surface area contributed by atoms with Gasteiger partial charge in [-0.1, -0.05) is 29.8 Å². The number of benzene rings is 2. The molecule has 0 saturated carbocycles. The van der Waals surface area contributed by atoms with Gasteiger partial charge in [-0.05, 0) is 48.5 Å². The second kappa shape index (κ2) is 7.41. The molecule has 0 bridgehead atoms. The number of amides is 2. The van der Waals surface area contributed by atoms with Crippen molar-refractivity contribution in [3.8, 4) is 0 Å². The summed E-state index contributed by atoms with van der Waals surface area (Å²) in [5, 5.41) is 5.26. The molecule has 0 aromatic heterocycles. The SMILES string of the molecule is Cc1ccc(CNC(=O)Nc2ccc(SC(F)(F)F)cc2)cc1. The molecule has 2 aromatic rings. The van der Waals surface area contributed by atoms with Crippen molar-refractivity contribution in [1.82, 2.24) is 5.32 Å². The van der Waals surface area contributed by atoms with Gasteiger partial charge in [0.1, 0.15) is 0 Å². The van der Waals surface area contributed by atoms with Crippen LogP contribution in [0.5, 0.6) is 0 Å². The van der Waals surface area contributed by atoms with Crippen molar-refractivity contribution < 1.29 is 18.0 Å². The van der Waals surface area contributed by atoms with E-state index in [9.17, 15) is 18.0 Å². The molecule has 2 amide bonds. The summed E-state index contributed by atoms with van der Waals surface area (Å²) in [4.78, 5) is 11.8. The molecule has 0 aliphatic carbocycles. The molecule has 0 unspecified atom stereocenters. The third-order valence-corrected chi connectivity index (χ3v) is 3.66. The lowest BCUT2D eigenvalue weighted by atomic mass is 10.1. The molecular weight excluding hydrogens is 325 g/mol. The van der Waals surface area contributed by atoms with E-state index in [2.05, 4.69) is 10.6 Å². The lowest BCUT2D eigenvalue weighted by Crippen LogP contribution is -2.28. The van der Waals surface area contributed by atoms with Crippen LogP contribution < -0.4 is 10.6 Å². The maximum atomic E-state index is 12.2. The maximum absolute atomic E-state index is 12.2. The fraction of sp³-hybridized carbons (Fsp3) is 0.188. The normalized spacial score (nSPS) is 11.1. The van der Waals surface area contributed by atoms with Crippen molar-refractivity contribution in [1.29, 1.82) is 0 Å². The summed E-state index contributed by atoms with van der Waals surface area (Å²) in [6.07, 6.45) is 0. The highest BCUT2D eigenvalue weighted by molar-refractivity contribution is 8.00. The number of carbonyl (C=O) groups is 1. The van der Waals surface area contributed by atoms with E-state index < -0.39 is 11.5 Å². The zero-order chi connectivity index (χ0) is 16.9. The van der Waals surface area contributed by atoms with E-state index in [-0.39, 0.29) is 16.7 Å². The quantitative estimate of drug-likeness (QED) is 0.775. The molecule has 0 spiro atoms. The minimum absolute atomic E-state index is 0.0723. The van der Waals surface area contributed by atoms with Crippen LogP contribution in [-0.4, -0.2) is 11.5 Å². The van der Waals surface area contributed by atoms with Gasteiger partial charge in [0.15, 0.2) is 0 Å². The molecule has 0 saturated heterocycles. The van der Waals surface area contributed by atoms with Gasteiger partial charge in [-0.15, -0.1) is 0 Å². The van der Waals surface area contributed by atoms with Crippen molar-refractivity contribution in [3.05, 3.63) is 59.7 Å². The summed E-state index contributed by atoms with van der Waals surface area (Å²) >= 11 is -0.191. The first-order valence-corrected chi connectivity index (χ1v) is 7.60. The molecule has 0 heterocycles. The monoisotopic (exact) mass is 340 g/mol. The van der Waals surface area contributed by atoms with E-state index in [1.54, 1.807) is 0 Å². The van der Waals surface area contributed by atoms with E-state index in [4.69, 9.17) is 0 Å². The van der Waals surface area contributed by atoms with Crippen LogP contribution >= 0.6 is 11.8 Å². The number of thioether (sulfide) groups is 1. The molecule has 7 heteroatoms.